The van der Waals surface area contributed by atoms with Gasteiger partial charge in [0.2, 0.25) is 0 Å². The molecule has 0 aromatic heterocycles. The number of benzene rings is 1. The zero-order chi connectivity index (χ0) is 11.1. The lowest BCUT2D eigenvalue weighted by Gasteiger charge is -2.34. The summed E-state index contributed by atoms with van der Waals surface area (Å²) >= 11 is 12.2. The van der Waals surface area contributed by atoms with Crippen LogP contribution < -0.4 is 5.32 Å². The first-order valence-corrected chi connectivity index (χ1v) is 5.21. The number of fused-ring (bicyclic) bond motifs is 1. The third-order valence-corrected chi connectivity index (χ3v) is 3.33. The molecule has 0 saturated heterocycles. The van der Waals surface area contributed by atoms with E-state index < -0.39 is 16.3 Å². The Morgan fingerprint density at radius 2 is 2.13 bits per heavy atom. The Morgan fingerprint density at radius 1 is 1.47 bits per heavy atom. The molecule has 1 atom stereocenters. The number of carboxylic acids is 1. The molecule has 0 saturated carbocycles. The molecule has 0 amide bonds. The van der Waals surface area contributed by atoms with Gasteiger partial charge in [-0.1, -0.05) is 47.5 Å². The minimum Gasteiger partial charge on any atom is -0.480 e. The number of carbonyl (C=O) groups is 1. The van der Waals surface area contributed by atoms with Gasteiger partial charge in [-0.3, -0.25) is 10.1 Å². The smallest absolute Gasteiger partial charge is 0.324 e. The zero-order valence-corrected chi connectivity index (χ0v) is 9.22. The molecule has 1 unspecified atom stereocenters. The molecule has 0 aliphatic carbocycles. The molecule has 15 heavy (non-hydrogen) atoms. The lowest BCUT2D eigenvalue weighted by molar-refractivity contribution is -0.140. The Morgan fingerprint density at radius 3 is 2.80 bits per heavy atom. The van der Waals surface area contributed by atoms with Crippen LogP contribution in [0.2, 0.25) is 0 Å². The molecule has 0 fully saturated rings. The SMILES string of the molecule is O=C(O)C1NCc2ccccc2C1(Cl)Cl. The maximum Gasteiger partial charge on any atom is 0.324 e. The normalized spacial score (nSPS) is 23.2. The number of hydrogen-bond donors (Lipinski definition) is 2. The Balaban J connectivity index is 2.49. The van der Waals surface area contributed by atoms with E-state index >= 15 is 0 Å². The van der Waals surface area contributed by atoms with Crippen LogP contribution >= 0.6 is 23.2 Å². The first-order valence-electron chi connectivity index (χ1n) is 4.46. The standard InChI is InChI=1S/C10H9Cl2NO2/c11-10(12)7-4-2-1-3-6(7)5-13-8(10)9(14)15/h1-4,8,13H,5H2,(H,14,15). The van der Waals surface area contributed by atoms with Crippen LogP contribution in [0.3, 0.4) is 0 Å². The molecule has 0 spiro atoms. The fraction of sp³-hybridized carbons (Fsp3) is 0.300. The molecule has 1 aromatic rings. The summed E-state index contributed by atoms with van der Waals surface area (Å²) in [6, 6.07) is 6.32. The van der Waals surface area contributed by atoms with E-state index in [1.165, 1.54) is 0 Å². The third-order valence-electron chi connectivity index (χ3n) is 2.48. The number of rotatable bonds is 1. The highest BCUT2D eigenvalue weighted by molar-refractivity contribution is 6.49. The first-order chi connectivity index (χ1) is 7.03. The second-order valence-electron chi connectivity index (χ2n) is 3.43. The monoisotopic (exact) mass is 245 g/mol. The average molecular weight is 246 g/mol. The molecule has 0 bridgehead atoms. The van der Waals surface area contributed by atoms with Crippen molar-refractivity contribution in [2.75, 3.05) is 0 Å². The molecule has 2 N–H and O–H groups in total. The van der Waals surface area contributed by atoms with Crippen molar-refractivity contribution >= 4 is 29.2 Å². The van der Waals surface area contributed by atoms with Gasteiger partial charge in [0.15, 0.2) is 4.33 Å². The molecule has 1 aromatic carbocycles. The van der Waals surface area contributed by atoms with Crippen molar-refractivity contribution in [2.45, 2.75) is 16.9 Å². The van der Waals surface area contributed by atoms with Gasteiger partial charge in [-0.15, -0.1) is 0 Å². The van der Waals surface area contributed by atoms with Crippen LogP contribution in [0.4, 0.5) is 0 Å². The predicted molar refractivity (Wildman–Crippen MR) is 58.1 cm³/mol. The van der Waals surface area contributed by atoms with Crippen LogP contribution in [0, 0.1) is 0 Å². The predicted octanol–water partition coefficient (Wildman–Crippen LogP) is 1.87. The molecule has 80 valence electrons. The van der Waals surface area contributed by atoms with Gasteiger partial charge in [0.1, 0.15) is 6.04 Å². The van der Waals surface area contributed by atoms with E-state index in [2.05, 4.69) is 5.32 Å². The number of aliphatic carboxylic acids is 1. The quantitative estimate of drug-likeness (QED) is 0.743. The second-order valence-corrected chi connectivity index (χ2v) is 4.82. The average Bonchev–Trinajstić information content (AvgIpc) is 2.17. The maximum absolute atomic E-state index is 10.9. The number of nitrogens with one attached hydrogen (secondary N) is 1. The van der Waals surface area contributed by atoms with Crippen molar-refractivity contribution in [3.05, 3.63) is 35.4 Å². The largest absolute Gasteiger partial charge is 0.480 e. The molecular weight excluding hydrogens is 237 g/mol. The van der Waals surface area contributed by atoms with Crippen LogP contribution in [0.15, 0.2) is 24.3 Å². The Kier molecular flexibility index (Phi) is 2.63. The van der Waals surface area contributed by atoms with Crippen LogP contribution in [-0.4, -0.2) is 17.1 Å². The minimum atomic E-state index is -1.42. The minimum absolute atomic E-state index is 0.467. The van der Waals surface area contributed by atoms with Gasteiger partial charge in [-0.25, -0.2) is 0 Å². The summed E-state index contributed by atoms with van der Waals surface area (Å²) in [6.45, 7) is 0.467. The fourth-order valence-corrected chi connectivity index (χ4v) is 2.45. The number of hydrogen-bond acceptors (Lipinski definition) is 2. The van der Waals surface area contributed by atoms with Gasteiger partial charge in [0.05, 0.1) is 0 Å². The summed E-state index contributed by atoms with van der Waals surface area (Å²) in [5, 5.41) is 11.8. The van der Waals surface area contributed by atoms with Crippen LogP contribution in [-0.2, 0) is 15.7 Å². The van der Waals surface area contributed by atoms with Crippen molar-refractivity contribution in [3.8, 4) is 0 Å². The maximum atomic E-state index is 10.9. The van der Waals surface area contributed by atoms with Gasteiger partial charge >= 0.3 is 5.97 Å². The summed E-state index contributed by atoms with van der Waals surface area (Å²) in [5.41, 5.74) is 1.60. The van der Waals surface area contributed by atoms with E-state index in [1.54, 1.807) is 12.1 Å². The number of carboxylic acid groups (broad SMARTS) is 1. The summed E-state index contributed by atoms with van der Waals surface area (Å²) in [5.74, 6) is -1.05. The van der Waals surface area contributed by atoms with Crippen molar-refractivity contribution in [3.63, 3.8) is 0 Å². The van der Waals surface area contributed by atoms with Gasteiger partial charge < -0.3 is 5.11 Å². The molecule has 0 radical (unpaired) electrons. The zero-order valence-electron chi connectivity index (χ0n) is 7.71. The molecule has 1 aliphatic rings. The second kappa shape index (κ2) is 3.67. The lowest BCUT2D eigenvalue weighted by Crippen LogP contribution is -2.51. The van der Waals surface area contributed by atoms with E-state index in [0.717, 1.165) is 5.56 Å². The van der Waals surface area contributed by atoms with Crippen molar-refractivity contribution in [2.24, 2.45) is 0 Å². The third kappa shape index (κ3) is 1.71. The number of halogens is 2. The van der Waals surface area contributed by atoms with Crippen molar-refractivity contribution in [1.29, 1.82) is 0 Å². The lowest BCUT2D eigenvalue weighted by atomic mass is 9.95. The van der Waals surface area contributed by atoms with E-state index in [0.29, 0.717) is 12.1 Å². The Bertz CT molecular complexity index is 406. The first kappa shape index (κ1) is 10.7. The summed E-state index contributed by atoms with van der Waals surface area (Å²) < 4.78 is -1.42. The van der Waals surface area contributed by atoms with Crippen molar-refractivity contribution < 1.29 is 9.90 Å². The van der Waals surface area contributed by atoms with Gasteiger partial charge in [-0.05, 0) is 11.1 Å². The fourth-order valence-electron chi connectivity index (χ4n) is 1.74. The summed E-state index contributed by atoms with van der Waals surface area (Å²) in [6.07, 6.45) is 0. The van der Waals surface area contributed by atoms with E-state index in [9.17, 15) is 4.79 Å². The molecule has 2 rings (SSSR count). The highest BCUT2D eigenvalue weighted by Gasteiger charge is 2.45. The van der Waals surface area contributed by atoms with Gasteiger partial charge in [-0.2, -0.15) is 0 Å². The van der Waals surface area contributed by atoms with Crippen LogP contribution in [0.25, 0.3) is 0 Å². The van der Waals surface area contributed by atoms with Gasteiger partial charge in [0.25, 0.3) is 0 Å². The molecule has 1 aliphatic heterocycles. The molecule has 5 heteroatoms. The van der Waals surface area contributed by atoms with E-state index in [4.69, 9.17) is 28.3 Å². The molecule has 1 heterocycles. The summed E-state index contributed by atoms with van der Waals surface area (Å²) in [4.78, 5) is 10.9. The highest BCUT2D eigenvalue weighted by Crippen LogP contribution is 2.41. The van der Waals surface area contributed by atoms with Gasteiger partial charge in [0, 0.05) is 6.54 Å². The van der Waals surface area contributed by atoms with Crippen LogP contribution in [0.1, 0.15) is 11.1 Å². The number of alkyl halides is 2. The molecule has 3 nitrogen and oxygen atoms in total. The Hall–Kier alpha value is -0.770. The Labute approximate surface area is 97.0 Å². The molecular formula is C10H9Cl2NO2. The topological polar surface area (TPSA) is 49.3 Å². The van der Waals surface area contributed by atoms with E-state index in [-0.39, 0.29) is 0 Å². The highest BCUT2D eigenvalue weighted by atomic mass is 35.5. The van der Waals surface area contributed by atoms with Crippen molar-refractivity contribution in [1.82, 2.24) is 5.32 Å². The van der Waals surface area contributed by atoms with Crippen LogP contribution in [0.5, 0.6) is 0 Å². The van der Waals surface area contributed by atoms with E-state index in [1.807, 2.05) is 12.1 Å². The summed E-state index contributed by atoms with van der Waals surface area (Å²) in [7, 11) is 0.